The quantitative estimate of drug-likeness (QED) is 0.752. The number of amides is 1. The fourth-order valence-corrected chi connectivity index (χ4v) is 3.03. The molecule has 3 rings (SSSR count). The van der Waals surface area contributed by atoms with Gasteiger partial charge in [0.25, 0.3) is 5.82 Å². The molecule has 28 heavy (non-hydrogen) atoms. The highest BCUT2D eigenvalue weighted by molar-refractivity contribution is 5.92. The highest BCUT2D eigenvalue weighted by Crippen LogP contribution is 2.28. The summed E-state index contributed by atoms with van der Waals surface area (Å²) in [5.74, 6) is 1.18. The summed E-state index contributed by atoms with van der Waals surface area (Å²) in [6.07, 6.45) is -0.175. The van der Waals surface area contributed by atoms with Gasteiger partial charge in [-0.25, -0.2) is 4.98 Å². The van der Waals surface area contributed by atoms with E-state index in [4.69, 9.17) is 4.74 Å². The minimum atomic E-state index is -4.37. The lowest BCUT2D eigenvalue weighted by Gasteiger charge is -2.30. The number of H-pyrrole nitrogens is 1. The molecule has 0 atom stereocenters. The number of ether oxygens (including phenoxy) is 1. The number of rotatable bonds is 4. The molecule has 0 spiro atoms. The Morgan fingerprint density at radius 3 is 2.43 bits per heavy atom. The summed E-state index contributed by atoms with van der Waals surface area (Å²) >= 11 is 0. The molecule has 1 amide bonds. The number of pyridine rings is 1. The summed E-state index contributed by atoms with van der Waals surface area (Å²) in [5.41, 5.74) is 0.0999. The number of hydrogen-bond acceptors (Lipinski definition) is 3. The van der Waals surface area contributed by atoms with Crippen molar-refractivity contribution < 1.29 is 27.7 Å². The summed E-state index contributed by atoms with van der Waals surface area (Å²) in [4.78, 5) is 18.7. The van der Waals surface area contributed by atoms with Crippen LogP contribution in [0.15, 0.2) is 48.7 Å². The van der Waals surface area contributed by atoms with Gasteiger partial charge in [0.1, 0.15) is 25.0 Å². The number of nitrogens with zero attached hydrogens (tertiary/aromatic N) is 2. The van der Waals surface area contributed by atoms with Crippen molar-refractivity contribution in [1.29, 1.82) is 0 Å². The third-order valence-electron chi connectivity index (χ3n) is 4.60. The highest BCUT2D eigenvalue weighted by atomic mass is 19.4. The minimum absolute atomic E-state index is 0.109. The molecule has 1 N–H and O–H groups in total. The molecule has 2 heterocycles. The molecule has 0 bridgehead atoms. The normalized spacial score (nSPS) is 15.1. The van der Waals surface area contributed by atoms with Gasteiger partial charge in [-0.05, 0) is 18.2 Å². The predicted octanol–water partition coefficient (Wildman–Crippen LogP) is 2.89. The van der Waals surface area contributed by atoms with E-state index in [-0.39, 0.29) is 5.91 Å². The molecule has 1 aliphatic heterocycles. The zero-order chi connectivity index (χ0) is 20.1. The Bertz CT molecular complexity index is 843. The van der Waals surface area contributed by atoms with Crippen molar-refractivity contribution in [2.24, 2.45) is 0 Å². The first-order valence-corrected chi connectivity index (χ1v) is 8.82. The van der Waals surface area contributed by atoms with Gasteiger partial charge in [0.15, 0.2) is 0 Å². The number of aromatic nitrogens is 1. The zero-order valence-corrected chi connectivity index (χ0v) is 15.4. The Balaban J connectivity index is 1.57. The van der Waals surface area contributed by atoms with Crippen molar-refractivity contribution in [3.05, 3.63) is 59.8 Å². The van der Waals surface area contributed by atoms with Crippen LogP contribution in [0, 0.1) is 0 Å². The van der Waals surface area contributed by atoms with Crippen molar-refractivity contribution >= 4 is 17.8 Å². The number of halogens is 3. The summed E-state index contributed by atoms with van der Waals surface area (Å²) in [7, 11) is 1.58. The minimum Gasteiger partial charge on any atom is -0.496 e. The Hall–Kier alpha value is -3.03. The van der Waals surface area contributed by atoms with Gasteiger partial charge in [-0.3, -0.25) is 9.69 Å². The molecule has 8 heteroatoms. The van der Waals surface area contributed by atoms with E-state index in [1.165, 1.54) is 12.1 Å². The molecule has 0 radical (unpaired) electrons. The maximum Gasteiger partial charge on any atom is 0.419 e. The molecular formula is C20H21F3N3O2+. The van der Waals surface area contributed by atoms with Crippen LogP contribution in [0.2, 0.25) is 0 Å². The Labute approximate surface area is 161 Å². The van der Waals surface area contributed by atoms with E-state index in [0.717, 1.165) is 17.8 Å². The van der Waals surface area contributed by atoms with Crippen LogP contribution in [-0.4, -0.2) is 44.1 Å². The maximum absolute atomic E-state index is 12.7. The standard InChI is InChI=1S/C20H20F3N3O2/c1-28-17-5-3-2-4-15(17)6-9-19(27)26-12-10-25(11-13-26)18-8-7-16(14-24-18)20(21,22)23/h2-9,14H,10-13H2,1H3/p+1/b9-6+. The summed E-state index contributed by atoms with van der Waals surface area (Å²) in [6, 6.07) is 9.88. The van der Waals surface area contributed by atoms with Crippen LogP contribution in [0.4, 0.5) is 19.0 Å². The average molecular weight is 392 g/mol. The second-order valence-electron chi connectivity index (χ2n) is 6.35. The summed E-state index contributed by atoms with van der Waals surface area (Å²) in [6.45, 7) is 2.06. The monoisotopic (exact) mass is 392 g/mol. The molecule has 0 aliphatic carbocycles. The number of benzene rings is 1. The van der Waals surface area contributed by atoms with Crippen LogP contribution in [0.1, 0.15) is 11.1 Å². The number of para-hydroxylation sites is 1. The lowest BCUT2D eigenvalue weighted by atomic mass is 10.2. The second kappa shape index (κ2) is 8.33. The van der Waals surface area contributed by atoms with Crippen molar-refractivity contribution in [3.8, 4) is 5.75 Å². The van der Waals surface area contributed by atoms with E-state index in [0.29, 0.717) is 37.7 Å². The number of alkyl halides is 3. The van der Waals surface area contributed by atoms with E-state index in [1.54, 1.807) is 18.1 Å². The fraction of sp³-hybridized carbons (Fsp3) is 0.300. The predicted molar refractivity (Wildman–Crippen MR) is 98.8 cm³/mol. The number of hydrogen-bond donors (Lipinski definition) is 0. The van der Waals surface area contributed by atoms with Crippen LogP contribution in [-0.2, 0) is 11.0 Å². The number of carbonyl (C=O) groups excluding carboxylic acids is 1. The van der Waals surface area contributed by atoms with Gasteiger partial charge >= 0.3 is 6.18 Å². The van der Waals surface area contributed by atoms with E-state index in [9.17, 15) is 18.0 Å². The first kappa shape index (κ1) is 19.7. The highest BCUT2D eigenvalue weighted by Gasteiger charge is 2.32. The molecule has 0 unspecified atom stereocenters. The third-order valence-corrected chi connectivity index (χ3v) is 4.60. The van der Waals surface area contributed by atoms with E-state index in [1.807, 2.05) is 29.2 Å². The van der Waals surface area contributed by atoms with Crippen molar-refractivity contribution in [1.82, 2.24) is 4.90 Å². The first-order valence-electron chi connectivity index (χ1n) is 8.82. The molecule has 148 valence electrons. The van der Waals surface area contributed by atoms with Gasteiger partial charge < -0.3 is 9.64 Å². The van der Waals surface area contributed by atoms with Gasteiger partial charge in [0.05, 0.1) is 25.8 Å². The van der Waals surface area contributed by atoms with Crippen LogP contribution in [0.25, 0.3) is 6.08 Å². The Morgan fingerprint density at radius 2 is 1.82 bits per heavy atom. The molecule has 1 saturated heterocycles. The number of carbonyl (C=O) groups is 1. The average Bonchev–Trinajstić information content (AvgIpc) is 2.72. The first-order chi connectivity index (χ1) is 13.4. The summed E-state index contributed by atoms with van der Waals surface area (Å²) < 4.78 is 43.2. The lowest BCUT2D eigenvalue weighted by molar-refractivity contribution is -0.367. The van der Waals surface area contributed by atoms with Crippen molar-refractivity contribution in [2.45, 2.75) is 6.18 Å². The van der Waals surface area contributed by atoms with Crippen LogP contribution in [0.5, 0.6) is 5.75 Å². The van der Waals surface area contributed by atoms with Crippen molar-refractivity contribution in [2.75, 3.05) is 38.2 Å². The summed E-state index contributed by atoms with van der Waals surface area (Å²) in [5, 5.41) is 0. The molecule has 0 saturated carbocycles. The Morgan fingerprint density at radius 1 is 1.11 bits per heavy atom. The number of anilines is 1. The fourth-order valence-electron chi connectivity index (χ4n) is 3.03. The van der Waals surface area contributed by atoms with Gasteiger partial charge in [0, 0.05) is 17.7 Å². The third kappa shape index (κ3) is 4.62. The van der Waals surface area contributed by atoms with Gasteiger partial charge in [-0.15, -0.1) is 0 Å². The number of aromatic amines is 1. The maximum atomic E-state index is 12.7. The van der Waals surface area contributed by atoms with Gasteiger partial charge in [-0.1, -0.05) is 18.2 Å². The SMILES string of the molecule is COc1ccccc1/C=C/C(=O)N1CCN(c2ccc(C(F)(F)F)c[nH+]2)CC1. The lowest BCUT2D eigenvalue weighted by Crippen LogP contribution is -2.49. The zero-order valence-electron chi connectivity index (χ0n) is 15.4. The molecular weight excluding hydrogens is 371 g/mol. The Kier molecular flexibility index (Phi) is 5.87. The number of nitrogens with one attached hydrogen (secondary N) is 1. The number of methoxy groups -OCH3 is 1. The number of piperazine rings is 1. The van der Waals surface area contributed by atoms with Gasteiger partial charge in [0.2, 0.25) is 5.91 Å². The second-order valence-corrected chi connectivity index (χ2v) is 6.35. The molecule has 1 aromatic carbocycles. The smallest absolute Gasteiger partial charge is 0.419 e. The largest absolute Gasteiger partial charge is 0.496 e. The van der Waals surface area contributed by atoms with Crippen molar-refractivity contribution in [3.63, 3.8) is 0 Å². The molecule has 5 nitrogen and oxygen atoms in total. The molecule has 1 aromatic heterocycles. The van der Waals surface area contributed by atoms with Crippen LogP contribution < -0.4 is 14.6 Å². The molecule has 1 fully saturated rings. The van der Waals surface area contributed by atoms with E-state index >= 15 is 0 Å². The molecule has 1 aliphatic rings. The van der Waals surface area contributed by atoms with Crippen LogP contribution in [0.3, 0.4) is 0 Å². The van der Waals surface area contributed by atoms with Gasteiger partial charge in [-0.2, -0.15) is 13.2 Å². The van der Waals surface area contributed by atoms with E-state index in [2.05, 4.69) is 4.98 Å². The van der Waals surface area contributed by atoms with E-state index < -0.39 is 11.7 Å². The molecule has 2 aromatic rings. The van der Waals surface area contributed by atoms with Crippen LogP contribution >= 0.6 is 0 Å². The topological polar surface area (TPSA) is 46.9 Å².